The van der Waals surface area contributed by atoms with Crippen LogP contribution in [0, 0.1) is 16.2 Å². The SMILES string of the molecule is N#CCc1cc(N=O)ccc1Cl. The molecule has 0 amide bonds. The molecule has 60 valence electrons. The van der Waals surface area contributed by atoms with E-state index in [1.54, 1.807) is 6.07 Å². The molecule has 0 radical (unpaired) electrons. The first-order chi connectivity index (χ1) is 5.77. The van der Waals surface area contributed by atoms with Crippen molar-refractivity contribution in [2.45, 2.75) is 6.42 Å². The molecule has 1 aromatic carbocycles. The highest BCUT2D eigenvalue weighted by molar-refractivity contribution is 6.31. The molecular formula is C8H5ClN2O. The molecule has 0 atom stereocenters. The lowest BCUT2D eigenvalue weighted by molar-refractivity contribution is 1.26. The Bertz CT molecular complexity index is 343. The van der Waals surface area contributed by atoms with Gasteiger partial charge in [0.15, 0.2) is 0 Å². The highest BCUT2D eigenvalue weighted by atomic mass is 35.5. The lowest BCUT2D eigenvalue weighted by atomic mass is 10.1. The van der Waals surface area contributed by atoms with Gasteiger partial charge in [-0.1, -0.05) is 11.6 Å². The predicted octanol–water partition coefficient (Wildman–Crippen LogP) is 2.80. The summed E-state index contributed by atoms with van der Waals surface area (Å²) in [6.45, 7) is 0. The Morgan fingerprint density at radius 1 is 1.58 bits per heavy atom. The fourth-order valence-corrected chi connectivity index (χ4v) is 1.02. The quantitative estimate of drug-likeness (QED) is 0.657. The van der Waals surface area contributed by atoms with Crippen LogP contribution in [0.3, 0.4) is 0 Å². The molecule has 0 aliphatic rings. The molecule has 1 rings (SSSR count). The molecule has 0 bridgehead atoms. The van der Waals surface area contributed by atoms with Gasteiger partial charge in [-0.2, -0.15) is 5.26 Å². The molecule has 0 aliphatic heterocycles. The van der Waals surface area contributed by atoms with Crippen LogP contribution in [0.5, 0.6) is 0 Å². The largest absolute Gasteiger partial charge is 0.198 e. The average Bonchev–Trinajstić information content (AvgIpc) is 2.09. The van der Waals surface area contributed by atoms with Gasteiger partial charge in [0.05, 0.1) is 12.5 Å². The van der Waals surface area contributed by atoms with E-state index in [0.29, 0.717) is 16.3 Å². The lowest BCUT2D eigenvalue weighted by Gasteiger charge is -1.97. The molecule has 0 fully saturated rings. The molecule has 0 unspecified atom stereocenters. The van der Waals surface area contributed by atoms with E-state index in [1.807, 2.05) is 6.07 Å². The van der Waals surface area contributed by atoms with E-state index in [9.17, 15) is 4.91 Å². The number of nitrogens with zero attached hydrogens (tertiary/aromatic N) is 2. The van der Waals surface area contributed by atoms with Crippen molar-refractivity contribution in [1.29, 1.82) is 5.26 Å². The van der Waals surface area contributed by atoms with Crippen molar-refractivity contribution in [1.82, 2.24) is 0 Å². The van der Waals surface area contributed by atoms with Crippen molar-refractivity contribution < 1.29 is 0 Å². The van der Waals surface area contributed by atoms with Crippen LogP contribution in [-0.2, 0) is 6.42 Å². The highest BCUT2D eigenvalue weighted by Crippen LogP contribution is 2.22. The molecule has 0 aliphatic carbocycles. The Kier molecular flexibility index (Phi) is 2.78. The summed E-state index contributed by atoms with van der Waals surface area (Å²) < 4.78 is 0. The molecule has 4 heteroatoms. The number of nitriles is 1. The van der Waals surface area contributed by atoms with Gasteiger partial charge in [0.1, 0.15) is 5.69 Å². The van der Waals surface area contributed by atoms with Crippen LogP contribution in [0.4, 0.5) is 5.69 Å². The summed E-state index contributed by atoms with van der Waals surface area (Å²) in [6, 6.07) is 6.53. The normalized spacial score (nSPS) is 9.00. The van der Waals surface area contributed by atoms with Gasteiger partial charge >= 0.3 is 0 Å². The molecule has 12 heavy (non-hydrogen) atoms. The highest BCUT2D eigenvalue weighted by Gasteiger charge is 2.00. The zero-order chi connectivity index (χ0) is 8.97. The van der Waals surface area contributed by atoms with E-state index < -0.39 is 0 Å². The van der Waals surface area contributed by atoms with Gasteiger partial charge in [-0.25, -0.2) is 0 Å². The van der Waals surface area contributed by atoms with E-state index >= 15 is 0 Å². The Labute approximate surface area is 74.6 Å². The predicted molar refractivity (Wildman–Crippen MR) is 46.2 cm³/mol. The summed E-state index contributed by atoms with van der Waals surface area (Å²) in [6.07, 6.45) is 0.197. The van der Waals surface area contributed by atoms with E-state index in [0.717, 1.165) is 0 Å². The van der Waals surface area contributed by atoms with Crippen molar-refractivity contribution in [2.75, 3.05) is 0 Å². The van der Waals surface area contributed by atoms with Crippen LogP contribution in [-0.4, -0.2) is 0 Å². The molecule has 0 spiro atoms. The Morgan fingerprint density at radius 2 is 2.33 bits per heavy atom. The van der Waals surface area contributed by atoms with Gasteiger partial charge in [0, 0.05) is 5.02 Å². The van der Waals surface area contributed by atoms with Crippen LogP contribution in [0.15, 0.2) is 23.4 Å². The van der Waals surface area contributed by atoms with E-state index in [1.165, 1.54) is 12.1 Å². The number of nitroso groups, excluding NO2 is 1. The first-order valence-electron chi connectivity index (χ1n) is 3.26. The van der Waals surface area contributed by atoms with Crippen molar-refractivity contribution in [2.24, 2.45) is 5.18 Å². The van der Waals surface area contributed by atoms with E-state index in [-0.39, 0.29) is 6.42 Å². The second kappa shape index (κ2) is 3.84. The van der Waals surface area contributed by atoms with E-state index in [4.69, 9.17) is 16.9 Å². The van der Waals surface area contributed by atoms with Crippen molar-refractivity contribution in [3.05, 3.63) is 33.7 Å². The molecule has 0 saturated carbocycles. The van der Waals surface area contributed by atoms with Crippen LogP contribution in [0.2, 0.25) is 5.02 Å². The molecule has 0 saturated heterocycles. The van der Waals surface area contributed by atoms with Crippen LogP contribution in [0.1, 0.15) is 5.56 Å². The third-order valence-corrected chi connectivity index (χ3v) is 1.77. The summed E-state index contributed by atoms with van der Waals surface area (Å²) in [4.78, 5) is 10.1. The summed E-state index contributed by atoms with van der Waals surface area (Å²) in [7, 11) is 0. The zero-order valence-electron chi connectivity index (χ0n) is 6.12. The molecular weight excluding hydrogens is 176 g/mol. The first kappa shape index (κ1) is 8.69. The Morgan fingerprint density at radius 3 is 2.92 bits per heavy atom. The van der Waals surface area contributed by atoms with Crippen molar-refractivity contribution in [3.8, 4) is 6.07 Å². The summed E-state index contributed by atoms with van der Waals surface area (Å²) >= 11 is 5.74. The Hall–Kier alpha value is -1.40. The molecule has 0 N–H and O–H groups in total. The maximum absolute atomic E-state index is 10.1. The topological polar surface area (TPSA) is 53.2 Å². The van der Waals surface area contributed by atoms with E-state index in [2.05, 4.69) is 5.18 Å². The third kappa shape index (κ3) is 1.80. The Balaban J connectivity index is 3.09. The zero-order valence-corrected chi connectivity index (χ0v) is 6.88. The molecule has 1 aromatic rings. The fraction of sp³-hybridized carbons (Fsp3) is 0.125. The van der Waals surface area contributed by atoms with Crippen molar-refractivity contribution in [3.63, 3.8) is 0 Å². The molecule has 3 nitrogen and oxygen atoms in total. The molecule has 0 aromatic heterocycles. The monoisotopic (exact) mass is 180 g/mol. The first-order valence-corrected chi connectivity index (χ1v) is 3.64. The number of rotatable bonds is 2. The average molecular weight is 181 g/mol. The minimum atomic E-state index is 0.197. The smallest absolute Gasteiger partial charge is 0.108 e. The van der Waals surface area contributed by atoms with Gasteiger partial charge in [-0.3, -0.25) is 0 Å². The van der Waals surface area contributed by atoms with Gasteiger partial charge < -0.3 is 0 Å². The van der Waals surface area contributed by atoms with Gasteiger partial charge in [0.2, 0.25) is 0 Å². The van der Waals surface area contributed by atoms with Gasteiger partial charge in [0.25, 0.3) is 0 Å². The van der Waals surface area contributed by atoms with Crippen LogP contribution < -0.4 is 0 Å². The maximum Gasteiger partial charge on any atom is 0.108 e. The second-order valence-electron chi connectivity index (χ2n) is 2.20. The second-order valence-corrected chi connectivity index (χ2v) is 2.61. The minimum Gasteiger partial charge on any atom is -0.198 e. The summed E-state index contributed by atoms with van der Waals surface area (Å²) in [5.41, 5.74) is 0.931. The number of benzene rings is 1. The van der Waals surface area contributed by atoms with Gasteiger partial charge in [-0.15, -0.1) is 4.91 Å². The lowest BCUT2D eigenvalue weighted by Crippen LogP contribution is -1.81. The standard InChI is InChI=1S/C8H5ClN2O/c9-8-2-1-7(11-12)5-6(8)3-4-10/h1-2,5H,3H2. The summed E-state index contributed by atoms with van der Waals surface area (Å²) in [5, 5.41) is 11.6. The number of halogens is 1. The van der Waals surface area contributed by atoms with Crippen molar-refractivity contribution >= 4 is 17.3 Å². The number of hydrogen-bond donors (Lipinski definition) is 0. The van der Waals surface area contributed by atoms with Crippen LogP contribution >= 0.6 is 11.6 Å². The third-order valence-electron chi connectivity index (χ3n) is 1.40. The van der Waals surface area contributed by atoms with Crippen LogP contribution in [0.25, 0.3) is 0 Å². The fourth-order valence-electron chi connectivity index (χ4n) is 0.839. The number of hydrogen-bond acceptors (Lipinski definition) is 3. The minimum absolute atomic E-state index is 0.197. The van der Waals surface area contributed by atoms with Gasteiger partial charge in [-0.05, 0) is 28.9 Å². The summed E-state index contributed by atoms with van der Waals surface area (Å²) in [5.74, 6) is 0. The molecule has 0 heterocycles. The maximum atomic E-state index is 10.1.